The first-order valence-corrected chi connectivity index (χ1v) is 11.9. The third-order valence-electron chi connectivity index (χ3n) is 4.67. The number of ether oxygens (including phenoxy) is 2. The second kappa shape index (κ2) is 7.85. The lowest BCUT2D eigenvalue weighted by molar-refractivity contribution is 0.297. The summed E-state index contributed by atoms with van der Waals surface area (Å²) in [6.07, 6.45) is 0.882. The summed E-state index contributed by atoms with van der Waals surface area (Å²) < 4.78 is 11.5. The lowest BCUT2D eigenvalue weighted by Crippen LogP contribution is -2.12. The van der Waals surface area contributed by atoms with Gasteiger partial charge in [0.05, 0.1) is 23.8 Å². The zero-order chi connectivity index (χ0) is 19.8. The molecule has 0 saturated heterocycles. The SMILES string of the molecule is C[C@@H](Sc1ccc2c(c1)OCCCO2)c1nc2scc(-c3cccs3)c2c(=O)[nH]1. The Hall–Kier alpha value is -2.29. The Morgan fingerprint density at radius 3 is 2.86 bits per heavy atom. The Morgan fingerprint density at radius 2 is 2.03 bits per heavy atom. The van der Waals surface area contributed by atoms with Crippen molar-refractivity contribution in [2.45, 2.75) is 23.5 Å². The molecule has 0 spiro atoms. The van der Waals surface area contributed by atoms with Crippen LogP contribution in [0.5, 0.6) is 11.5 Å². The molecule has 1 aliphatic heterocycles. The zero-order valence-electron chi connectivity index (χ0n) is 15.6. The number of hydrogen-bond acceptors (Lipinski definition) is 7. The normalized spacial score (nSPS) is 14.7. The maximum absolute atomic E-state index is 12.8. The number of aromatic amines is 1. The third kappa shape index (κ3) is 3.68. The van der Waals surface area contributed by atoms with Gasteiger partial charge in [0.2, 0.25) is 0 Å². The molecular formula is C21H18N2O3S3. The van der Waals surface area contributed by atoms with Crippen LogP contribution in [0.1, 0.15) is 24.4 Å². The van der Waals surface area contributed by atoms with Crippen molar-refractivity contribution in [3.63, 3.8) is 0 Å². The highest BCUT2D eigenvalue weighted by molar-refractivity contribution is 7.99. The Kier molecular flexibility index (Phi) is 5.07. The lowest BCUT2D eigenvalue weighted by Gasteiger charge is -2.13. The van der Waals surface area contributed by atoms with Crippen LogP contribution in [0, 0.1) is 0 Å². The fraction of sp³-hybridized carbons (Fsp3) is 0.238. The summed E-state index contributed by atoms with van der Waals surface area (Å²) in [5, 5.41) is 4.70. The van der Waals surface area contributed by atoms with Crippen LogP contribution in [0.25, 0.3) is 20.7 Å². The minimum absolute atomic E-state index is 0.0101. The number of H-pyrrole nitrogens is 1. The maximum Gasteiger partial charge on any atom is 0.260 e. The summed E-state index contributed by atoms with van der Waals surface area (Å²) in [5.74, 6) is 2.24. The van der Waals surface area contributed by atoms with Crippen molar-refractivity contribution in [1.82, 2.24) is 9.97 Å². The number of thioether (sulfide) groups is 1. The van der Waals surface area contributed by atoms with E-state index < -0.39 is 0 Å². The minimum Gasteiger partial charge on any atom is -0.490 e. The number of benzene rings is 1. The quantitative estimate of drug-likeness (QED) is 0.409. The molecular weight excluding hydrogens is 424 g/mol. The molecule has 0 unspecified atom stereocenters. The average molecular weight is 443 g/mol. The fourth-order valence-corrected chi connectivity index (χ4v) is 5.97. The molecule has 1 N–H and O–H groups in total. The number of fused-ring (bicyclic) bond motifs is 2. The highest BCUT2D eigenvalue weighted by atomic mass is 32.2. The van der Waals surface area contributed by atoms with Gasteiger partial charge < -0.3 is 14.5 Å². The summed E-state index contributed by atoms with van der Waals surface area (Å²) in [6, 6.07) is 9.99. The van der Waals surface area contributed by atoms with Gasteiger partial charge >= 0.3 is 0 Å². The summed E-state index contributed by atoms with van der Waals surface area (Å²) in [7, 11) is 0. The van der Waals surface area contributed by atoms with E-state index in [9.17, 15) is 4.79 Å². The van der Waals surface area contributed by atoms with Crippen LogP contribution in [0.2, 0.25) is 0 Å². The first-order valence-electron chi connectivity index (χ1n) is 9.30. The van der Waals surface area contributed by atoms with Crippen molar-refractivity contribution in [2.24, 2.45) is 0 Å². The van der Waals surface area contributed by atoms with Gasteiger partial charge in [-0.05, 0) is 36.6 Å². The van der Waals surface area contributed by atoms with Crippen LogP contribution < -0.4 is 15.0 Å². The topological polar surface area (TPSA) is 64.2 Å². The molecule has 1 atom stereocenters. The molecule has 0 aliphatic carbocycles. The molecule has 8 heteroatoms. The maximum atomic E-state index is 12.8. The molecule has 1 aromatic carbocycles. The molecule has 0 amide bonds. The molecule has 29 heavy (non-hydrogen) atoms. The van der Waals surface area contributed by atoms with Crippen molar-refractivity contribution >= 4 is 44.7 Å². The van der Waals surface area contributed by atoms with Gasteiger partial charge in [0.15, 0.2) is 11.5 Å². The van der Waals surface area contributed by atoms with E-state index in [4.69, 9.17) is 14.5 Å². The number of aromatic nitrogens is 2. The molecule has 4 aromatic rings. The molecule has 4 heterocycles. The standard InChI is InChI=1S/C21H18N2O3S3/c1-12(29-13-5-6-15-16(10-13)26-8-3-7-25-15)19-22-20(24)18-14(11-28-21(18)23-19)17-4-2-9-27-17/h2,4-6,9-12H,3,7-8H2,1H3,(H,22,23,24)/t12-/m1/s1. The summed E-state index contributed by atoms with van der Waals surface area (Å²) in [6.45, 7) is 3.38. The van der Waals surface area contributed by atoms with Gasteiger partial charge in [0, 0.05) is 27.1 Å². The zero-order valence-corrected chi connectivity index (χ0v) is 18.1. The fourth-order valence-electron chi connectivity index (χ4n) is 3.25. The summed E-state index contributed by atoms with van der Waals surface area (Å²) in [5.41, 5.74) is 0.879. The predicted octanol–water partition coefficient (Wildman–Crippen LogP) is 5.73. The lowest BCUT2D eigenvalue weighted by atomic mass is 10.2. The molecule has 0 bridgehead atoms. The van der Waals surface area contributed by atoms with E-state index in [2.05, 4.69) is 4.98 Å². The molecule has 148 valence electrons. The minimum atomic E-state index is -0.0826. The van der Waals surface area contributed by atoms with E-state index in [1.54, 1.807) is 23.1 Å². The van der Waals surface area contributed by atoms with Gasteiger partial charge in [-0.15, -0.1) is 34.4 Å². The van der Waals surface area contributed by atoms with Crippen LogP contribution in [0.15, 0.2) is 50.8 Å². The van der Waals surface area contributed by atoms with E-state index in [1.807, 2.05) is 48.0 Å². The highest BCUT2D eigenvalue weighted by Gasteiger charge is 2.18. The highest BCUT2D eigenvalue weighted by Crippen LogP contribution is 2.40. The Balaban J connectivity index is 1.44. The van der Waals surface area contributed by atoms with Crippen molar-refractivity contribution < 1.29 is 9.47 Å². The second-order valence-corrected chi connectivity index (χ2v) is 9.90. The average Bonchev–Trinajstić information content (AvgIpc) is 3.33. The monoisotopic (exact) mass is 442 g/mol. The van der Waals surface area contributed by atoms with Crippen LogP contribution in [-0.2, 0) is 0 Å². The Morgan fingerprint density at radius 1 is 1.17 bits per heavy atom. The second-order valence-electron chi connectivity index (χ2n) is 6.68. The first-order chi connectivity index (χ1) is 14.2. The number of nitrogens with zero attached hydrogens (tertiary/aromatic N) is 1. The summed E-state index contributed by atoms with van der Waals surface area (Å²) in [4.78, 5) is 23.5. The van der Waals surface area contributed by atoms with E-state index in [1.165, 1.54) is 11.3 Å². The Bertz CT molecular complexity index is 1210. The van der Waals surface area contributed by atoms with Gasteiger partial charge in [0.25, 0.3) is 5.56 Å². The third-order valence-corrected chi connectivity index (χ3v) is 7.54. The van der Waals surface area contributed by atoms with Crippen molar-refractivity contribution in [1.29, 1.82) is 0 Å². The van der Waals surface area contributed by atoms with Crippen LogP contribution in [-0.4, -0.2) is 23.2 Å². The number of hydrogen-bond donors (Lipinski definition) is 1. The van der Waals surface area contributed by atoms with Crippen molar-refractivity contribution in [3.05, 3.63) is 57.3 Å². The van der Waals surface area contributed by atoms with Crippen LogP contribution in [0.3, 0.4) is 0 Å². The molecule has 5 rings (SSSR count). The number of rotatable bonds is 4. The Labute approximate surface area is 179 Å². The number of nitrogens with one attached hydrogen (secondary N) is 1. The van der Waals surface area contributed by atoms with Gasteiger partial charge in [-0.1, -0.05) is 6.07 Å². The molecule has 0 radical (unpaired) electrons. The van der Waals surface area contributed by atoms with E-state index >= 15 is 0 Å². The van der Waals surface area contributed by atoms with E-state index in [0.717, 1.165) is 38.1 Å². The molecule has 0 saturated carbocycles. The van der Waals surface area contributed by atoms with Crippen molar-refractivity contribution in [3.8, 4) is 21.9 Å². The predicted molar refractivity (Wildman–Crippen MR) is 120 cm³/mol. The van der Waals surface area contributed by atoms with Gasteiger partial charge in [-0.3, -0.25) is 4.79 Å². The smallest absolute Gasteiger partial charge is 0.260 e. The molecule has 0 fully saturated rings. The van der Waals surface area contributed by atoms with E-state index in [0.29, 0.717) is 24.4 Å². The summed E-state index contributed by atoms with van der Waals surface area (Å²) >= 11 is 4.78. The van der Waals surface area contributed by atoms with Crippen molar-refractivity contribution in [2.75, 3.05) is 13.2 Å². The van der Waals surface area contributed by atoms with Crippen LogP contribution in [0.4, 0.5) is 0 Å². The molecule has 1 aliphatic rings. The van der Waals surface area contributed by atoms with Crippen LogP contribution >= 0.6 is 34.4 Å². The van der Waals surface area contributed by atoms with Gasteiger partial charge in [-0.25, -0.2) is 4.98 Å². The van der Waals surface area contributed by atoms with Gasteiger partial charge in [-0.2, -0.15) is 0 Å². The molecule has 5 nitrogen and oxygen atoms in total. The largest absolute Gasteiger partial charge is 0.490 e. The first kappa shape index (κ1) is 18.7. The van der Waals surface area contributed by atoms with E-state index in [-0.39, 0.29) is 10.8 Å². The molecule has 3 aromatic heterocycles. The van der Waals surface area contributed by atoms with Gasteiger partial charge in [0.1, 0.15) is 10.7 Å². The number of thiophene rings is 2.